The zero-order valence-corrected chi connectivity index (χ0v) is 17.5. The molecule has 0 radical (unpaired) electrons. The second kappa shape index (κ2) is 10.2. The van der Waals surface area contributed by atoms with Gasteiger partial charge in [-0.15, -0.1) is 0 Å². The average molecular weight is 404 g/mol. The van der Waals surface area contributed by atoms with Gasteiger partial charge < -0.3 is 14.8 Å². The smallest absolute Gasteiger partial charge is 0.161 e. The number of nitrogens with zero attached hydrogens (tertiary/aromatic N) is 2. The molecule has 1 saturated heterocycles. The highest BCUT2D eigenvalue weighted by atomic mass is 16.5. The first kappa shape index (κ1) is 20.4. The number of hydrogen-bond donors (Lipinski definition) is 1. The van der Waals surface area contributed by atoms with E-state index in [0.717, 1.165) is 55.4 Å². The van der Waals surface area contributed by atoms with Gasteiger partial charge in [-0.25, -0.2) is 0 Å². The quantitative estimate of drug-likeness (QED) is 0.645. The standard InChI is InChI=1S/C25H29N3O2/c1-29-24-18-21(11-12-23(24)30-19-20-8-3-2-4-9-20)25(22-10-5-6-14-27-22)28-16-7-13-26-15-17-28/h2-6,8-12,14,18,25-26H,7,13,15-17,19H2,1H3. The fraction of sp³-hybridized carbons (Fsp3) is 0.320. The van der Waals surface area contributed by atoms with Crippen molar-refractivity contribution in [1.82, 2.24) is 15.2 Å². The van der Waals surface area contributed by atoms with E-state index < -0.39 is 0 Å². The molecule has 1 fully saturated rings. The lowest BCUT2D eigenvalue weighted by molar-refractivity contribution is 0.236. The summed E-state index contributed by atoms with van der Waals surface area (Å²) in [4.78, 5) is 7.18. The second-order valence-electron chi connectivity index (χ2n) is 7.48. The molecular weight excluding hydrogens is 374 g/mol. The zero-order valence-electron chi connectivity index (χ0n) is 17.5. The lowest BCUT2D eigenvalue weighted by atomic mass is 10.00. The van der Waals surface area contributed by atoms with Crippen LogP contribution in [0.1, 0.15) is 29.3 Å². The highest BCUT2D eigenvalue weighted by Crippen LogP contribution is 2.35. The summed E-state index contributed by atoms with van der Waals surface area (Å²) < 4.78 is 11.8. The van der Waals surface area contributed by atoms with Crippen molar-refractivity contribution in [3.05, 3.63) is 89.7 Å². The molecule has 2 aromatic carbocycles. The van der Waals surface area contributed by atoms with Gasteiger partial charge in [0.2, 0.25) is 0 Å². The number of aromatic nitrogens is 1. The summed E-state index contributed by atoms with van der Waals surface area (Å²) in [5, 5.41) is 3.49. The van der Waals surface area contributed by atoms with Gasteiger partial charge in [-0.05, 0) is 48.4 Å². The van der Waals surface area contributed by atoms with Crippen molar-refractivity contribution in [2.45, 2.75) is 19.1 Å². The van der Waals surface area contributed by atoms with Crippen molar-refractivity contribution in [1.29, 1.82) is 0 Å². The fourth-order valence-corrected chi connectivity index (χ4v) is 3.94. The van der Waals surface area contributed by atoms with Gasteiger partial charge in [0.25, 0.3) is 0 Å². The summed E-state index contributed by atoms with van der Waals surface area (Å²) in [5.41, 5.74) is 3.35. The molecule has 156 valence electrons. The Balaban J connectivity index is 1.61. The van der Waals surface area contributed by atoms with Gasteiger partial charge in [0.15, 0.2) is 11.5 Å². The van der Waals surface area contributed by atoms with Crippen molar-refractivity contribution >= 4 is 0 Å². The highest BCUT2D eigenvalue weighted by Gasteiger charge is 2.25. The van der Waals surface area contributed by atoms with Gasteiger partial charge in [-0.2, -0.15) is 0 Å². The minimum absolute atomic E-state index is 0.0863. The van der Waals surface area contributed by atoms with Gasteiger partial charge >= 0.3 is 0 Å². The van der Waals surface area contributed by atoms with E-state index in [1.54, 1.807) is 7.11 Å². The topological polar surface area (TPSA) is 46.6 Å². The largest absolute Gasteiger partial charge is 0.493 e. The minimum atomic E-state index is 0.0863. The van der Waals surface area contributed by atoms with Crippen molar-refractivity contribution in [2.24, 2.45) is 0 Å². The summed E-state index contributed by atoms with van der Waals surface area (Å²) in [6.45, 7) is 4.57. The van der Waals surface area contributed by atoms with E-state index in [2.05, 4.69) is 51.6 Å². The van der Waals surface area contributed by atoms with E-state index in [-0.39, 0.29) is 6.04 Å². The van der Waals surface area contributed by atoms with Crippen LogP contribution in [-0.4, -0.2) is 43.2 Å². The summed E-state index contributed by atoms with van der Waals surface area (Å²) in [5.74, 6) is 1.50. The normalized spacial score (nSPS) is 15.9. The summed E-state index contributed by atoms with van der Waals surface area (Å²) in [6.07, 6.45) is 2.99. The monoisotopic (exact) mass is 403 g/mol. The average Bonchev–Trinajstić information content (AvgIpc) is 3.09. The van der Waals surface area contributed by atoms with Crippen LogP contribution in [0.5, 0.6) is 11.5 Å². The van der Waals surface area contributed by atoms with E-state index in [9.17, 15) is 0 Å². The van der Waals surface area contributed by atoms with E-state index >= 15 is 0 Å². The van der Waals surface area contributed by atoms with Crippen LogP contribution >= 0.6 is 0 Å². The summed E-state index contributed by atoms with van der Waals surface area (Å²) >= 11 is 0. The highest BCUT2D eigenvalue weighted by molar-refractivity contribution is 5.45. The minimum Gasteiger partial charge on any atom is -0.493 e. The van der Waals surface area contributed by atoms with Gasteiger partial charge in [-0.3, -0.25) is 9.88 Å². The SMILES string of the molecule is COc1cc(C(c2ccccn2)N2CCCNCC2)ccc1OCc1ccccc1. The molecular formula is C25H29N3O2. The van der Waals surface area contributed by atoms with Crippen molar-refractivity contribution < 1.29 is 9.47 Å². The van der Waals surface area contributed by atoms with Crippen LogP contribution in [0, 0.1) is 0 Å². The molecule has 0 bridgehead atoms. The maximum atomic E-state index is 6.06. The molecule has 0 spiro atoms. The molecule has 5 heteroatoms. The number of ether oxygens (including phenoxy) is 2. The lowest BCUT2D eigenvalue weighted by Crippen LogP contribution is -2.33. The molecule has 0 aliphatic carbocycles. The zero-order chi connectivity index (χ0) is 20.6. The molecule has 1 N–H and O–H groups in total. The van der Waals surface area contributed by atoms with Crippen LogP contribution in [-0.2, 0) is 6.61 Å². The molecule has 1 unspecified atom stereocenters. The molecule has 1 aromatic heterocycles. The Bertz CT molecular complexity index is 910. The van der Waals surface area contributed by atoms with Crippen molar-refractivity contribution in [2.75, 3.05) is 33.3 Å². The number of pyridine rings is 1. The van der Waals surface area contributed by atoms with Gasteiger partial charge in [-0.1, -0.05) is 42.5 Å². The van der Waals surface area contributed by atoms with Crippen LogP contribution in [0.4, 0.5) is 0 Å². The molecule has 1 aliphatic rings. The Kier molecular flexibility index (Phi) is 6.95. The van der Waals surface area contributed by atoms with E-state index in [1.807, 2.05) is 36.5 Å². The Morgan fingerprint density at radius 2 is 1.83 bits per heavy atom. The van der Waals surface area contributed by atoms with Crippen LogP contribution in [0.3, 0.4) is 0 Å². The summed E-state index contributed by atoms with van der Waals surface area (Å²) in [7, 11) is 1.69. The van der Waals surface area contributed by atoms with Crippen LogP contribution in [0.25, 0.3) is 0 Å². The second-order valence-corrected chi connectivity index (χ2v) is 7.48. The van der Waals surface area contributed by atoms with Crippen LogP contribution in [0.2, 0.25) is 0 Å². The molecule has 30 heavy (non-hydrogen) atoms. The number of hydrogen-bond acceptors (Lipinski definition) is 5. The first-order chi connectivity index (χ1) is 14.8. The predicted molar refractivity (Wildman–Crippen MR) is 119 cm³/mol. The molecule has 5 nitrogen and oxygen atoms in total. The predicted octanol–water partition coefficient (Wildman–Crippen LogP) is 4.05. The number of nitrogens with one attached hydrogen (secondary N) is 1. The third kappa shape index (κ3) is 4.99. The Hall–Kier alpha value is -2.89. The Morgan fingerprint density at radius 1 is 0.967 bits per heavy atom. The third-order valence-corrected chi connectivity index (χ3v) is 5.45. The molecule has 0 saturated carbocycles. The third-order valence-electron chi connectivity index (χ3n) is 5.45. The Morgan fingerprint density at radius 3 is 2.63 bits per heavy atom. The number of benzene rings is 2. The van der Waals surface area contributed by atoms with E-state index in [4.69, 9.17) is 9.47 Å². The fourth-order valence-electron chi connectivity index (χ4n) is 3.94. The molecule has 1 atom stereocenters. The lowest BCUT2D eigenvalue weighted by Gasteiger charge is -2.31. The van der Waals surface area contributed by atoms with Crippen molar-refractivity contribution in [3.63, 3.8) is 0 Å². The van der Waals surface area contributed by atoms with Gasteiger partial charge in [0, 0.05) is 25.8 Å². The molecule has 0 amide bonds. The molecule has 3 aromatic rings. The maximum Gasteiger partial charge on any atom is 0.161 e. The number of rotatable bonds is 7. The van der Waals surface area contributed by atoms with Gasteiger partial charge in [0.05, 0.1) is 18.8 Å². The van der Waals surface area contributed by atoms with E-state index in [0.29, 0.717) is 6.61 Å². The van der Waals surface area contributed by atoms with Crippen LogP contribution in [0.15, 0.2) is 72.9 Å². The Labute approximate surface area is 178 Å². The molecule has 1 aliphatic heterocycles. The summed E-state index contributed by atoms with van der Waals surface area (Å²) in [6, 6.07) is 22.6. The number of methoxy groups -OCH3 is 1. The molecule has 2 heterocycles. The molecule has 4 rings (SSSR count). The van der Waals surface area contributed by atoms with E-state index in [1.165, 1.54) is 5.56 Å². The van der Waals surface area contributed by atoms with Crippen LogP contribution < -0.4 is 14.8 Å². The first-order valence-electron chi connectivity index (χ1n) is 10.6. The first-order valence-corrected chi connectivity index (χ1v) is 10.6. The maximum absolute atomic E-state index is 6.06. The van der Waals surface area contributed by atoms with Crippen molar-refractivity contribution in [3.8, 4) is 11.5 Å². The van der Waals surface area contributed by atoms with Gasteiger partial charge in [0.1, 0.15) is 6.61 Å².